The largest absolute Gasteiger partial charge is 0.494 e. The van der Waals surface area contributed by atoms with Gasteiger partial charge in [-0.1, -0.05) is 35.2 Å². The molecule has 2 amide bonds. The van der Waals surface area contributed by atoms with Crippen molar-refractivity contribution in [1.29, 1.82) is 0 Å². The van der Waals surface area contributed by atoms with Crippen LogP contribution in [0.4, 0.5) is 11.4 Å². The molecule has 2 aromatic carbocycles. The third-order valence-electron chi connectivity index (χ3n) is 5.67. The number of nitro benzene ring substituents is 1. The van der Waals surface area contributed by atoms with Crippen molar-refractivity contribution < 1.29 is 19.2 Å². The van der Waals surface area contributed by atoms with Gasteiger partial charge in [-0.15, -0.1) is 0 Å². The lowest BCUT2D eigenvalue weighted by molar-refractivity contribution is -0.384. The Kier molecular flexibility index (Phi) is 5.29. The molecular weight excluding hydrogens is 466 g/mol. The van der Waals surface area contributed by atoms with Crippen molar-refractivity contribution in [3.63, 3.8) is 0 Å². The van der Waals surface area contributed by atoms with Crippen molar-refractivity contribution in [2.75, 3.05) is 11.5 Å². The Morgan fingerprint density at radius 2 is 1.88 bits per heavy atom. The molecule has 0 saturated carbocycles. The molecule has 3 aromatic rings. The molecule has 1 fully saturated rings. The number of anilines is 1. The number of benzene rings is 2. The smallest absolute Gasteiger partial charge is 0.305 e. The van der Waals surface area contributed by atoms with E-state index in [9.17, 15) is 24.5 Å². The predicted molar refractivity (Wildman–Crippen MR) is 123 cm³/mol. The summed E-state index contributed by atoms with van der Waals surface area (Å²) in [5.74, 6) is -1.60. The topological polar surface area (TPSA) is 123 Å². The van der Waals surface area contributed by atoms with Crippen LogP contribution in [0.2, 0.25) is 0 Å². The van der Waals surface area contributed by atoms with Crippen LogP contribution in [0.25, 0.3) is 0 Å². The van der Waals surface area contributed by atoms with Crippen molar-refractivity contribution in [3.8, 4) is 5.75 Å². The van der Waals surface area contributed by atoms with Crippen LogP contribution in [0.5, 0.6) is 5.75 Å². The maximum absolute atomic E-state index is 13.6. The quantitative estimate of drug-likeness (QED) is 0.334. The lowest BCUT2D eigenvalue weighted by Crippen LogP contribution is -2.32. The number of non-ortho nitro benzene ring substituents is 1. The van der Waals surface area contributed by atoms with Crippen LogP contribution in [-0.4, -0.2) is 33.6 Å². The van der Waals surface area contributed by atoms with Gasteiger partial charge in [0.15, 0.2) is 0 Å². The van der Waals surface area contributed by atoms with E-state index in [4.69, 9.17) is 4.74 Å². The number of nitrogens with zero attached hydrogens (tertiary/aromatic N) is 2. The van der Waals surface area contributed by atoms with Crippen LogP contribution in [-0.2, 0) is 9.59 Å². The second kappa shape index (κ2) is 8.16. The number of carbonyl (C=O) groups excluding carboxylic acids is 2. The molecule has 5 rings (SSSR count). The molecule has 0 bridgehead atoms. The van der Waals surface area contributed by atoms with Gasteiger partial charge in [-0.05, 0) is 36.8 Å². The van der Waals surface area contributed by atoms with E-state index in [1.54, 1.807) is 36.4 Å². The summed E-state index contributed by atoms with van der Waals surface area (Å²) in [4.78, 5) is 54.2. The third-order valence-corrected chi connectivity index (χ3v) is 8.07. The summed E-state index contributed by atoms with van der Waals surface area (Å²) in [7, 11) is 0. The summed E-state index contributed by atoms with van der Waals surface area (Å²) in [5, 5.41) is 11.1. The van der Waals surface area contributed by atoms with Crippen LogP contribution in [0.1, 0.15) is 23.3 Å². The van der Waals surface area contributed by atoms with Gasteiger partial charge in [0.1, 0.15) is 11.0 Å². The number of rotatable bonds is 5. The number of aromatic nitrogens is 1. The summed E-state index contributed by atoms with van der Waals surface area (Å²) < 4.78 is 5.44. The molecule has 0 unspecified atom stereocenters. The first-order valence-corrected chi connectivity index (χ1v) is 11.8. The van der Waals surface area contributed by atoms with Crippen molar-refractivity contribution in [2.45, 2.75) is 23.1 Å². The van der Waals surface area contributed by atoms with Crippen LogP contribution >= 0.6 is 23.1 Å². The van der Waals surface area contributed by atoms with Gasteiger partial charge < -0.3 is 9.72 Å². The zero-order valence-electron chi connectivity index (χ0n) is 17.2. The van der Waals surface area contributed by atoms with Gasteiger partial charge in [-0.2, -0.15) is 0 Å². The highest BCUT2D eigenvalue weighted by Crippen LogP contribution is 2.53. The number of thioether (sulfide) groups is 1. The fraction of sp³-hybridized carbons (Fsp3) is 0.227. The molecule has 1 saturated heterocycles. The Bertz CT molecular complexity index is 1330. The molecule has 3 atom stereocenters. The lowest BCUT2D eigenvalue weighted by atomic mass is 9.83. The molecule has 11 heteroatoms. The van der Waals surface area contributed by atoms with Gasteiger partial charge in [0.05, 0.1) is 28.2 Å². The van der Waals surface area contributed by atoms with E-state index in [1.807, 2.05) is 6.92 Å². The molecule has 0 radical (unpaired) electrons. The van der Waals surface area contributed by atoms with Crippen LogP contribution in [0, 0.1) is 16.0 Å². The minimum Gasteiger partial charge on any atom is -0.494 e. The van der Waals surface area contributed by atoms with Gasteiger partial charge in [0.2, 0.25) is 11.8 Å². The number of thiazole rings is 1. The molecule has 33 heavy (non-hydrogen) atoms. The highest BCUT2D eigenvalue weighted by atomic mass is 32.2. The Labute approximate surface area is 195 Å². The highest BCUT2D eigenvalue weighted by Gasteiger charge is 2.56. The predicted octanol–water partition coefficient (Wildman–Crippen LogP) is 3.54. The monoisotopic (exact) mass is 483 g/mol. The van der Waals surface area contributed by atoms with Crippen molar-refractivity contribution in [1.82, 2.24) is 4.98 Å². The lowest BCUT2D eigenvalue weighted by Gasteiger charge is -2.29. The molecule has 2 aliphatic rings. The molecule has 3 heterocycles. The Balaban J connectivity index is 1.60. The number of ether oxygens (including phenoxy) is 1. The average molecular weight is 484 g/mol. The van der Waals surface area contributed by atoms with E-state index < -0.39 is 27.9 Å². The highest BCUT2D eigenvalue weighted by molar-refractivity contribution is 8.00. The van der Waals surface area contributed by atoms with Gasteiger partial charge >= 0.3 is 4.87 Å². The van der Waals surface area contributed by atoms with Crippen LogP contribution < -0.4 is 14.5 Å². The van der Waals surface area contributed by atoms with E-state index >= 15 is 0 Å². The van der Waals surface area contributed by atoms with E-state index in [0.29, 0.717) is 33.5 Å². The number of nitrogens with one attached hydrogen (secondary N) is 1. The van der Waals surface area contributed by atoms with Crippen LogP contribution in [0.3, 0.4) is 0 Å². The van der Waals surface area contributed by atoms with Gasteiger partial charge in [-0.3, -0.25) is 24.5 Å². The summed E-state index contributed by atoms with van der Waals surface area (Å²) in [5.41, 5.74) is 0.829. The van der Waals surface area contributed by atoms with Gasteiger partial charge in [0, 0.05) is 22.9 Å². The summed E-state index contributed by atoms with van der Waals surface area (Å²) in [6, 6.07) is 12.7. The second-order valence-corrected chi connectivity index (χ2v) is 9.71. The minimum atomic E-state index is -0.796. The zero-order valence-corrected chi connectivity index (χ0v) is 18.9. The number of hydrogen-bond donors (Lipinski definition) is 1. The summed E-state index contributed by atoms with van der Waals surface area (Å²) in [6.07, 6.45) is 0. The number of carbonyl (C=O) groups is 2. The molecule has 0 aliphatic carbocycles. The molecule has 168 valence electrons. The van der Waals surface area contributed by atoms with Crippen molar-refractivity contribution >= 4 is 46.3 Å². The maximum atomic E-state index is 13.6. The fourth-order valence-electron chi connectivity index (χ4n) is 4.32. The number of amides is 2. The molecule has 2 aliphatic heterocycles. The standard InChI is InChI=1S/C22H17N3O6S2/c1-2-31-14-8-6-12(7-9-14)24-20(26)16-15(11-4-3-5-13(10-11)25(29)30)17-19(23-22(28)33-17)32-18(16)21(24)27/h3-10,15-16,18H,2H2,1H3,(H,23,28)/t15-,16-,18+/m0/s1. The summed E-state index contributed by atoms with van der Waals surface area (Å²) >= 11 is 2.13. The average Bonchev–Trinajstić information content (AvgIpc) is 3.29. The van der Waals surface area contributed by atoms with Crippen LogP contribution in [0.15, 0.2) is 58.4 Å². The number of nitro groups is 1. The number of imide groups is 1. The molecule has 9 nitrogen and oxygen atoms in total. The number of fused-ring (bicyclic) bond motifs is 2. The van der Waals surface area contributed by atoms with E-state index in [1.165, 1.54) is 12.1 Å². The minimum absolute atomic E-state index is 0.119. The SMILES string of the molecule is CCOc1ccc(N2C(=O)[C@H]3[C@H](c4cccc([N+](=O)[O-])c4)c4sc(=O)[nH]c4S[C@H]3C2=O)cc1. The molecule has 1 N–H and O–H groups in total. The number of aromatic amines is 1. The Hall–Kier alpha value is -3.44. The molecular formula is C22H17N3O6S2. The summed E-state index contributed by atoms with van der Waals surface area (Å²) in [6.45, 7) is 2.35. The van der Waals surface area contributed by atoms with E-state index in [-0.39, 0.29) is 16.5 Å². The normalized spacial score (nSPS) is 21.6. The number of H-pyrrole nitrogens is 1. The number of hydrogen-bond acceptors (Lipinski definition) is 8. The maximum Gasteiger partial charge on any atom is 0.305 e. The Morgan fingerprint density at radius 1 is 1.12 bits per heavy atom. The molecule has 0 spiro atoms. The second-order valence-electron chi connectivity index (χ2n) is 7.54. The van der Waals surface area contributed by atoms with E-state index in [0.717, 1.165) is 28.0 Å². The van der Waals surface area contributed by atoms with Gasteiger partial charge in [-0.25, -0.2) is 4.90 Å². The first kappa shape index (κ1) is 21.4. The zero-order chi connectivity index (χ0) is 23.3. The fourth-order valence-corrected chi connectivity index (χ4v) is 6.84. The first-order valence-electron chi connectivity index (χ1n) is 10.1. The van der Waals surface area contributed by atoms with E-state index in [2.05, 4.69) is 4.98 Å². The van der Waals surface area contributed by atoms with Crippen molar-refractivity contribution in [2.24, 2.45) is 5.92 Å². The van der Waals surface area contributed by atoms with Crippen molar-refractivity contribution in [3.05, 3.63) is 78.8 Å². The molecule has 1 aromatic heterocycles. The Morgan fingerprint density at radius 3 is 2.58 bits per heavy atom. The van der Waals surface area contributed by atoms with Gasteiger partial charge in [0.25, 0.3) is 5.69 Å². The third kappa shape index (κ3) is 3.53. The first-order chi connectivity index (χ1) is 15.9.